The van der Waals surface area contributed by atoms with E-state index >= 15 is 0 Å². The van der Waals surface area contributed by atoms with Crippen LogP contribution in [0.15, 0.2) is 48.5 Å². The maximum Gasteiger partial charge on any atom is 0.335 e. The van der Waals surface area contributed by atoms with Crippen LogP contribution in [-0.2, 0) is 6.42 Å². The van der Waals surface area contributed by atoms with Crippen molar-refractivity contribution in [2.75, 3.05) is 0 Å². The van der Waals surface area contributed by atoms with E-state index in [0.29, 0.717) is 35.2 Å². The minimum Gasteiger partial charge on any atom is -0.478 e. The molecule has 31 heavy (non-hydrogen) atoms. The summed E-state index contributed by atoms with van der Waals surface area (Å²) in [4.78, 5) is 24.0. The van der Waals surface area contributed by atoms with Crippen molar-refractivity contribution >= 4 is 11.8 Å². The van der Waals surface area contributed by atoms with E-state index in [1.165, 1.54) is 43.2 Å². The van der Waals surface area contributed by atoms with Crippen LogP contribution < -0.4 is 0 Å². The number of Topliss-reactive ketones (excluding diaryl/α,β-unsaturated/α-hetero) is 1. The lowest BCUT2D eigenvalue weighted by atomic mass is 9.54. The number of carbonyl (C=O) groups excluding carboxylic acids is 1. The minimum absolute atomic E-state index is 0.280. The first-order valence-corrected chi connectivity index (χ1v) is 11.9. The number of hydrogen-bond donors (Lipinski definition) is 1. The topological polar surface area (TPSA) is 54.4 Å². The Morgan fingerprint density at radius 1 is 1.00 bits per heavy atom. The highest BCUT2D eigenvalue weighted by atomic mass is 16.4. The molecule has 1 N–H and O–H groups in total. The number of carbonyl (C=O) groups is 2. The zero-order chi connectivity index (χ0) is 21.6. The lowest BCUT2D eigenvalue weighted by Gasteiger charge is -2.51. The van der Waals surface area contributed by atoms with Crippen LogP contribution in [0.3, 0.4) is 0 Å². The van der Waals surface area contributed by atoms with Gasteiger partial charge in [0.1, 0.15) is 0 Å². The van der Waals surface area contributed by atoms with Crippen LogP contribution in [0, 0.1) is 23.2 Å². The summed E-state index contributed by atoms with van der Waals surface area (Å²) < 4.78 is 0. The molecule has 5 atom stereocenters. The van der Waals surface area contributed by atoms with Gasteiger partial charge in [-0.1, -0.05) is 43.3 Å². The third kappa shape index (κ3) is 3.52. The van der Waals surface area contributed by atoms with Gasteiger partial charge in [-0.2, -0.15) is 0 Å². The van der Waals surface area contributed by atoms with Gasteiger partial charge in [-0.3, -0.25) is 4.79 Å². The number of aromatic carboxylic acids is 1. The normalized spacial score (nSPS) is 31.4. The molecule has 2 aromatic rings. The quantitative estimate of drug-likeness (QED) is 0.565. The number of fused-ring (bicyclic) bond motifs is 5. The van der Waals surface area contributed by atoms with E-state index in [0.717, 1.165) is 24.3 Å². The standard InChI is InChI=1S/C28H32O3/c1-28-16-15-23-22-11-8-20(27(30)31)17-19(22)7-12-24(23)25(28)13-9-21(28)10-14-26(29)18-5-3-2-4-6-18/h2-6,8,11,17,21,23-25H,7,9-10,12-16H2,1H3,(H,30,31)/t21?,23-,24-,25+,28-/m1/s1. The Kier molecular flexibility index (Phi) is 5.24. The van der Waals surface area contributed by atoms with Crippen molar-refractivity contribution in [3.63, 3.8) is 0 Å². The first-order chi connectivity index (χ1) is 15.0. The number of rotatable bonds is 5. The van der Waals surface area contributed by atoms with Gasteiger partial charge in [-0.15, -0.1) is 0 Å². The van der Waals surface area contributed by atoms with Gasteiger partial charge in [0.2, 0.25) is 0 Å². The van der Waals surface area contributed by atoms with E-state index in [1.807, 2.05) is 36.4 Å². The van der Waals surface area contributed by atoms with Crippen LogP contribution in [0.5, 0.6) is 0 Å². The van der Waals surface area contributed by atoms with E-state index in [1.54, 1.807) is 6.07 Å². The van der Waals surface area contributed by atoms with Crippen molar-refractivity contribution in [1.82, 2.24) is 0 Å². The second-order valence-corrected chi connectivity index (χ2v) is 10.3. The summed E-state index contributed by atoms with van der Waals surface area (Å²) >= 11 is 0. The molecule has 5 rings (SSSR count). The molecule has 162 valence electrons. The molecule has 0 radical (unpaired) electrons. The predicted octanol–water partition coefficient (Wildman–Crippen LogP) is 6.52. The van der Waals surface area contributed by atoms with E-state index in [2.05, 4.69) is 13.0 Å². The van der Waals surface area contributed by atoms with Crippen molar-refractivity contribution < 1.29 is 14.7 Å². The minimum atomic E-state index is -0.829. The van der Waals surface area contributed by atoms with Crippen molar-refractivity contribution in [3.05, 3.63) is 70.8 Å². The summed E-state index contributed by atoms with van der Waals surface area (Å²) in [6.07, 6.45) is 8.80. The number of carboxylic acid groups (broad SMARTS) is 1. The molecule has 0 saturated heterocycles. The molecule has 0 heterocycles. The van der Waals surface area contributed by atoms with Crippen LogP contribution >= 0.6 is 0 Å². The molecule has 0 spiro atoms. The average Bonchev–Trinajstić information content (AvgIpc) is 3.13. The van der Waals surface area contributed by atoms with E-state index in [4.69, 9.17) is 0 Å². The van der Waals surface area contributed by atoms with Gasteiger partial charge < -0.3 is 5.11 Å². The highest BCUT2D eigenvalue weighted by molar-refractivity contribution is 5.95. The predicted molar refractivity (Wildman–Crippen MR) is 122 cm³/mol. The fourth-order valence-electron chi connectivity index (χ4n) is 7.37. The summed E-state index contributed by atoms with van der Waals surface area (Å²) in [5.41, 5.74) is 4.27. The monoisotopic (exact) mass is 416 g/mol. The third-order valence-corrected chi connectivity index (χ3v) is 8.99. The second-order valence-electron chi connectivity index (χ2n) is 10.3. The molecule has 1 unspecified atom stereocenters. The van der Waals surface area contributed by atoms with Crippen molar-refractivity contribution in [3.8, 4) is 0 Å². The van der Waals surface area contributed by atoms with Crippen molar-refractivity contribution in [2.24, 2.45) is 23.2 Å². The number of carboxylic acids is 1. The summed E-state index contributed by atoms with van der Waals surface area (Å²) in [5, 5.41) is 9.34. The number of ketones is 1. The summed E-state index contributed by atoms with van der Waals surface area (Å²) in [5.74, 6) is 2.11. The van der Waals surface area contributed by atoms with Crippen LogP contribution in [0.4, 0.5) is 0 Å². The zero-order valence-corrected chi connectivity index (χ0v) is 18.3. The smallest absolute Gasteiger partial charge is 0.335 e. The first-order valence-electron chi connectivity index (χ1n) is 11.9. The molecular formula is C28H32O3. The van der Waals surface area contributed by atoms with Crippen molar-refractivity contribution in [2.45, 2.75) is 64.2 Å². The third-order valence-electron chi connectivity index (χ3n) is 8.99. The van der Waals surface area contributed by atoms with Gasteiger partial charge in [0.25, 0.3) is 0 Å². The molecule has 0 bridgehead atoms. The Labute approximate surface area is 184 Å². The van der Waals surface area contributed by atoms with E-state index < -0.39 is 5.97 Å². The molecule has 2 aromatic carbocycles. The molecule has 0 aliphatic heterocycles. The van der Waals surface area contributed by atoms with E-state index in [9.17, 15) is 14.7 Å². The molecule has 3 aliphatic rings. The highest BCUT2D eigenvalue weighted by Crippen LogP contribution is 2.63. The molecule has 3 heteroatoms. The lowest BCUT2D eigenvalue weighted by molar-refractivity contribution is 0.0254. The van der Waals surface area contributed by atoms with Crippen LogP contribution in [0.1, 0.15) is 89.6 Å². The number of benzene rings is 2. The Morgan fingerprint density at radius 2 is 1.81 bits per heavy atom. The molecule has 3 nitrogen and oxygen atoms in total. The lowest BCUT2D eigenvalue weighted by Crippen LogP contribution is -2.42. The Bertz CT molecular complexity index is 995. The Balaban J connectivity index is 1.30. The fraction of sp³-hybridized carbons (Fsp3) is 0.500. The molecule has 2 fully saturated rings. The summed E-state index contributed by atoms with van der Waals surface area (Å²) in [6.45, 7) is 2.50. The van der Waals surface area contributed by atoms with Crippen molar-refractivity contribution in [1.29, 1.82) is 0 Å². The summed E-state index contributed by atoms with van der Waals surface area (Å²) in [7, 11) is 0. The fourth-order valence-corrected chi connectivity index (χ4v) is 7.37. The maximum absolute atomic E-state index is 12.7. The molecule has 3 aliphatic carbocycles. The SMILES string of the molecule is C[C@]12CC[C@@H]3c4ccc(C(=O)O)cc4CC[C@H]3[C@@H]1CCC2CCC(=O)c1ccccc1. The zero-order valence-electron chi connectivity index (χ0n) is 18.3. The van der Waals surface area contributed by atoms with Crippen LogP contribution in [0.25, 0.3) is 0 Å². The Hall–Kier alpha value is -2.42. The van der Waals surface area contributed by atoms with Gasteiger partial charge in [-0.05, 0) is 97.3 Å². The maximum atomic E-state index is 12.7. The highest BCUT2D eigenvalue weighted by Gasteiger charge is 2.54. The van der Waals surface area contributed by atoms with Gasteiger partial charge in [0, 0.05) is 12.0 Å². The van der Waals surface area contributed by atoms with Gasteiger partial charge in [0.05, 0.1) is 5.56 Å². The number of hydrogen-bond acceptors (Lipinski definition) is 2. The van der Waals surface area contributed by atoms with E-state index in [-0.39, 0.29) is 5.78 Å². The van der Waals surface area contributed by atoms with Gasteiger partial charge >= 0.3 is 5.97 Å². The first kappa shape index (κ1) is 20.5. The molecular weight excluding hydrogens is 384 g/mol. The van der Waals surface area contributed by atoms with Crippen LogP contribution in [0.2, 0.25) is 0 Å². The van der Waals surface area contributed by atoms with Gasteiger partial charge in [0.15, 0.2) is 5.78 Å². The summed E-state index contributed by atoms with van der Waals surface area (Å²) in [6, 6.07) is 15.5. The average molecular weight is 417 g/mol. The molecule has 0 amide bonds. The number of aryl methyl sites for hydroxylation is 1. The van der Waals surface area contributed by atoms with Gasteiger partial charge in [-0.25, -0.2) is 4.79 Å². The second kappa shape index (κ2) is 7.93. The van der Waals surface area contributed by atoms with Crippen LogP contribution in [-0.4, -0.2) is 16.9 Å². The molecule has 2 saturated carbocycles. The Morgan fingerprint density at radius 3 is 2.58 bits per heavy atom. The molecule has 0 aromatic heterocycles. The largest absolute Gasteiger partial charge is 0.478 e.